The number of rotatable bonds is 8. The third-order valence-electron chi connectivity index (χ3n) is 3.19. The summed E-state index contributed by atoms with van der Waals surface area (Å²) in [6.45, 7) is 7.65. The van der Waals surface area contributed by atoms with Crippen molar-refractivity contribution in [1.82, 2.24) is 0 Å². The molecule has 0 radical (unpaired) electrons. The first-order valence-electron chi connectivity index (χ1n) is 6.08. The highest BCUT2D eigenvalue weighted by Gasteiger charge is 2.55. The average Bonchev–Trinajstić information content (AvgIpc) is 2.91. The molecule has 1 heterocycles. The van der Waals surface area contributed by atoms with Crippen molar-refractivity contribution in [2.75, 3.05) is 13.2 Å². The number of aliphatic hydroxyl groups excluding tert-OH is 1. The molecule has 0 aromatic heterocycles. The van der Waals surface area contributed by atoms with E-state index in [-0.39, 0.29) is 17.8 Å². The summed E-state index contributed by atoms with van der Waals surface area (Å²) in [4.78, 5) is 0. The van der Waals surface area contributed by atoms with Crippen LogP contribution in [-0.4, -0.2) is 36.1 Å². The lowest BCUT2D eigenvalue weighted by molar-refractivity contribution is 0.0390. The molecule has 1 saturated heterocycles. The van der Waals surface area contributed by atoms with E-state index in [1.54, 1.807) is 0 Å². The highest BCUT2D eigenvalue weighted by molar-refractivity contribution is 5.03. The molecule has 3 heteroatoms. The van der Waals surface area contributed by atoms with Gasteiger partial charge in [-0.25, -0.2) is 0 Å². The van der Waals surface area contributed by atoms with Gasteiger partial charge in [-0.1, -0.05) is 20.3 Å². The lowest BCUT2D eigenvalue weighted by atomic mass is 9.97. The quantitative estimate of drug-likeness (QED) is 0.499. The zero-order valence-electron chi connectivity index (χ0n) is 10.2. The predicted molar refractivity (Wildman–Crippen MR) is 59.9 cm³/mol. The molecule has 3 nitrogen and oxygen atoms in total. The molecule has 0 spiro atoms. The molecule has 0 bridgehead atoms. The Morgan fingerprint density at radius 3 is 2.67 bits per heavy atom. The SMILES string of the molecule is CCCCOCC[C@@H](O)[C@]1(C)O[C@H]1CC. The molecule has 1 rings (SSSR count). The molecule has 0 aliphatic carbocycles. The fourth-order valence-electron chi connectivity index (χ4n) is 1.88. The zero-order chi connectivity index (χ0) is 11.3. The van der Waals surface area contributed by atoms with Crippen molar-refractivity contribution < 1.29 is 14.6 Å². The minimum absolute atomic E-state index is 0.239. The summed E-state index contributed by atoms with van der Waals surface area (Å²) in [5.74, 6) is 0. The maximum Gasteiger partial charge on any atom is 0.118 e. The third-order valence-corrected chi connectivity index (χ3v) is 3.19. The number of aliphatic hydroxyl groups is 1. The first kappa shape index (κ1) is 12.9. The van der Waals surface area contributed by atoms with Crippen LogP contribution in [0.5, 0.6) is 0 Å². The van der Waals surface area contributed by atoms with Crippen LogP contribution in [0.3, 0.4) is 0 Å². The van der Waals surface area contributed by atoms with E-state index >= 15 is 0 Å². The predicted octanol–water partition coefficient (Wildman–Crippen LogP) is 2.12. The summed E-state index contributed by atoms with van der Waals surface area (Å²) in [7, 11) is 0. The molecule has 3 atom stereocenters. The van der Waals surface area contributed by atoms with Crippen LogP contribution in [0, 0.1) is 0 Å². The van der Waals surface area contributed by atoms with E-state index in [4.69, 9.17) is 9.47 Å². The number of ether oxygens (including phenoxy) is 2. The average molecular weight is 216 g/mol. The van der Waals surface area contributed by atoms with Crippen molar-refractivity contribution in [3.63, 3.8) is 0 Å². The molecule has 1 aliphatic rings. The summed E-state index contributed by atoms with van der Waals surface area (Å²) >= 11 is 0. The summed E-state index contributed by atoms with van der Waals surface area (Å²) in [6, 6.07) is 0. The largest absolute Gasteiger partial charge is 0.390 e. The van der Waals surface area contributed by atoms with E-state index < -0.39 is 0 Å². The maximum absolute atomic E-state index is 9.90. The fourth-order valence-corrected chi connectivity index (χ4v) is 1.88. The van der Waals surface area contributed by atoms with Crippen LogP contribution in [-0.2, 0) is 9.47 Å². The molecule has 0 saturated carbocycles. The van der Waals surface area contributed by atoms with Gasteiger partial charge in [0, 0.05) is 13.2 Å². The molecule has 15 heavy (non-hydrogen) atoms. The Labute approximate surface area is 92.8 Å². The molecular weight excluding hydrogens is 192 g/mol. The Kier molecular flexibility index (Phi) is 5.03. The Morgan fingerprint density at radius 1 is 1.40 bits per heavy atom. The highest BCUT2D eigenvalue weighted by atomic mass is 16.6. The summed E-state index contributed by atoms with van der Waals surface area (Å²) < 4.78 is 10.9. The number of epoxide rings is 1. The van der Waals surface area contributed by atoms with E-state index in [0.29, 0.717) is 13.0 Å². The van der Waals surface area contributed by atoms with Gasteiger partial charge in [0.25, 0.3) is 0 Å². The Balaban J connectivity index is 2.07. The topological polar surface area (TPSA) is 42.0 Å². The summed E-state index contributed by atoms with van der Waals surface area (Å²) in [6.07, 6.45) is 3.76. The second-order valence-corrected chi connectivity index (χ2v) is 4.47. The van der Waals surface area contributed by atoms with Crippen LogP contribution >= 0.6 is 0 Å². The smallest absolute Gasteiger partial charge is 0.118 e. The van der Waals surface area contributed by atoms with Gasteiger partial charge in [0.2, 0.25) is 0 Å². The van der Waals surface area contributed by atoms with Crippen LogP contribution < -0.4 is 0 Å². The van der Waals surface area contributed by atoms with Gasteiger partial charge in [0.05, 0.1) is 12.2 Å². The standard InChI is InChI=1S/C12H24O3/c1-4-6-8-14-9-7-10(13)12(3)11(5-2)15-12/h10-11,13H,4-9H2,1-3H3/t10-,11+,12+/m1/s1. The molecular formula is C12H24O3. The second-order valence-electron chi connectivity index (χ2n) is 4.47. The highest BCUT2D eigenvalue weighted by Crippen LogP contribution is 2.42. The molecule has 0 unspecified atom stereocenters. The van der Waals surface area contributed by atoms with Gasteiger partial charge in [-0.2, -0.15) is 0 Å². The fraction of sp³-hybridized carbons (Fsp3) is 1.00. The van der Waals surface area contributed by atoms with Gasteiger partial charge in [-0.05, 0) is 26.2 Å². The van der Waals surface area contributed by atoms with E-state index in [1.165, 1.54) is 0 Å². The Bertz CT molecular complexity index is 184. The van der Waals surface area contributed by atoms with Crippen molar-refractivity contribution in [3.05, 3.63) is 0 Å². The van der Waals surface area contributed by atoms with Gasteiger partial charge >= 0.3 is 0 Å². The minimum atomic E-state index is -0.385. The van der Waals surface area contributed by atoms with Crippen LogP contribution in [0.25, 0.3) is 0 Å². The first-order valence-corrected chi connectivity index (χ1v) is 6.08. The van der Waals surface area contributed by atoms with E-state index in [1.807, 2.05) is 6.92 Å². The van der Waals surface area contributed by atoms with Gasteiger partial charge in [0.15, 0.2) is 0 Å². The number of hydrogen-bond donors (Lipinski definition) is 1. The van der Waals surface area contributed by atoms with Crippen molar-refractivity contribution >= 4 is 0 Å². The van der Waals surface area contributed by atoms with Crippen LogP contribution in [0.15, 0.2) is 0 Å². The molecule has 1 fully saturated rings. The van der Waals surface area contributed by atoms with Crippen LogP contribution in [0.2, 0.25) is 0 Å². The second kappa shape index (κ2) is 5.83. The van der Waals surface area contributed by atoms with Crippen molar-refractivity contribution in [1.29, 1.82) is 0 Å². The molecule has 0 aromatic rings. The van der Waals surface area contributed by atoms with Gasteiger partial charge in [-0.3, -0.25) is 0 Å². The van der Waals surface area contributed by atoms with E-state index in [0.717, 1.165) is 25.9 Å². The lowest BCUT2D eigenvalue weighted by Gasteiger charge is -2.15. The summed E-state index contributed by atoms with van der Waals surface area (Å²) in [5.41, 5.74) is -0.303. The molecule has 1 aliphatic heterocycles. The van der Waals surface area contributed by atoms with Crippen molar-refractivity contribution in [3.8, 4) is 0 Å². The van der Waals surface area contributed by atoms with E-state index in [2.05, 4.69) is 13.8 Å². The molecule has 0 amide bonds. The van der Waals surface area contributed by atoms with Gasteiger partial charge < -0.3 is 14.6 Å². The first-order chi connectivity index (χ1) is 7.15. The molecule has 90 valence electrons. The molecule has 0 aromatic carbocycles. The lowest BCUT2D eigenvalue weighted by Crippen LogP contribution is -2.30. The molecule has 1 N–H and O–H groups in total. The van der Waals surface area contributed by atoms with E-state index in [9.17, 15) is 5.11 Å². The van der Waals surface area contributed by atoms with Gasteiger partial charge in [-0.15, -0.1) is 0 Å². The minimum Gasteiger partial charge on any atom is -0.390 e. The number of unbranched alkanes of at least 4 members (excludes halogenated alkanes) is 1. The normalized spacial score (nSPS) is 31.6. The zero-order valence-corrected chi connectivity index (χ0v) is 10.2. The number of hydrogen-bond acceptors (Lipinski definition) is 3. The Hall–Kier alpha value is -0.120. The van der Waals surface area contributed by atoms with Crippen LogP contribution in [0.4, 0.5) is 0 Å². The van der Waals surface area contributed by atoms with Gasteiger partial charge in [0.1, 0.15) is 5.60 Å². The monoisotopic (exact) mass is 216 g/mol. The van der Waals surface area contributed by atoms with Crippen molar-refractivity contribution in [2.24, 2.45) is 0 Å². The summed E-state index contributed by atoms with van der Waals surface area (Å²) in [5, 5.41) is 9.90. The Morgan fingerprint density at radius 2 is 2.13 bits per heavy atom. The maximum atomic E-state index is 9.90. The van der Waals surface area contributed by atoms with Crippen LogP contribution in [0.1, 0.15) is 46.5 Å². The third kappa shape index (κ3) is 3.44. The van der Waals surface area contributed by atoms with Crippen molar-refractivity contribution in [2.45, 2.75) is 64.3 Å².